The van der Waals surface area contributed by atoms with Crippen molar-refractivity contribution in [3.05, 3.63) is 70.2 Å². The van der Waals surface area contributed by atoms with Gasteiger partial charge in [0.05, 0.1) is 24.8 Å². The van der Waals surface area contributed by atoms with E-state index >= 15 is 0 Å². The number of methoxy groups -OCH3 is 1. The molecule has 0 aliphatic carbocycles. The standard InChI is InChI=1S/C33H46N2O3S/c1-4-5-6-7-8-9-10-11-12-13-14-17-22-38-31-21-20-28(23-32(31)37-3)33(36)34-30-19-16-15-18-29(30)24-35-26-39-25-27(35)2/h15-16,18-21,23,25-26H,4-14,17,22,24H2,1-3H3/p+1. The number of thiazole rings is 1. The molecule has 39 heavy (non-hydrogen) atoms. The quantitative estimate of drug-likeness (QED) is 0.120. The number of hydrogen-bond acceptors (Lipinski definition) is 4. The lowest BCUT2D eigenvalue weighted by Gasteiger charge is -2.13. The number of carbonyl (C=O) groups excluding carboxylic acids is 1. The Morgan fingerprint density at radius 2 is 1.54 bits per heavy atom. The van der Waals surface area contributed by atoms with Crippen LogP contribution in [-0.4, -0.2) is 19.6 Å². The first-order chi connectivity index (χ1) is 19.1. The highest BCUT2D eigenvalue weighted by molar-refractivity contribution is 7.07. The molecule has 1 aromatic heterocycles. The maximum atomic E-state index is 13.1. The number of hydrogen-bond donors (Lipinski definition) is 1. The second-order valence-electron chi connectivity index (χ2n) is 10.3. The number of aromatic nitrogens is 1. The van der Waals surface area contributed by atoms with E-state index < -0.39 is 0 Å². The van der Waals surface area contributed by atoms with Gasteiger partial charge in [-0.3, -0.25) is 4.79 Å². The number of ether oxygens (including phenoxy) is 2. The summed E-state index contributed by atoms with van der Waals surface area (Å²) in [4.78, 5) is 13.1. The molecule has 0 aliphatic rings. The van der Waals surface area contributed by atoms with Gasteiger partial charge >= 0.3 is 0 Å². The van der Waals surface area contributed by atoms with Crippen LogP contribution in [-0.2, 0) is 6.54 Å². The fraction of sp³-hybridized carbons (Fsp3) is 0.515. The zero-order chi connectivity index (χ0) is 27.7. The lowest BCUT2D eigenvalue weighted by Crippen LogP contribution is -2.34. The van der Waals surface area contributed by atoms with E-state index in [0.29, 0.717) is 30.2 Å². The first-order valence-corrected chi connectivity index (χ1v) is 15.7. The van der Waals surface area contributed by atoms with Crippen molar-refractivity contribution in [1.29, 1.82) is 0 Å². The van der Waals surface area contributed by atoms with Crippen molar-refractivity contribution in [2.24, 2.45) is 0 Å². The number of aryl methyl sites for hydroxylation is 1. The first-order valence-electron chi connectivity index (χ1n) is 14.7. The molecule has 0 aliphatic heterocycles. The molecule has 3 rings (SSSR count). The second-order valence-corrected chi connectivity index (χ2v) is 11.1. The monoisotopic (exact) mass is 551 g/mol. The Bertz CT molecular complexity index is 1130. The third kappa shape index (κ3) is 10.7. The van der Waals surface area contributed by atoms with Crippen LogP contribution >= 0.6 is 11.3 Å². The zero-order valence-electron chi connectivity index (χ0n) is 24.2. The third-order valence-electron chi connectivity index (χ3n) is 7.17. The smallest absolute Gasteiger partial charge is 0.255 e. The van der Waals surface area contributed by atoms with Crippen LogP contribution in [0.1, 0.15) is 106 Å². The highest BCUT2D eigenvalue weighted by atomic mass is 32.1. The van der Waals surface area contributed by atoms with Crippen LogP contribution in [0.15, 0.2) is 53.4 Å². The number of anilines is 1. The summed E-state index contributed by atoms with van der Waals surface area (Å²) in [5, 5.41) is 5.20. The van der Waals surface area contributed by atoms with Gasteiger partial charge in [-0.1, -0.05) is 107 Å². The SMILES string of the molecule is CCCCCCCCCCCCCCOc1ccc(C(=O)Nc2ccccc2C[n+]2cscc2C)cc1OC. The van der Waals surface area contributed by atoms with Crippen LogP contribution in [0.25, 0.3) is 0 Å². The summed E-state index contributed by atoms with van der Waals surface area (Å²) in [5.74, 6) is 1.10. The van der Waals surface area contributed by atoms with Crippen molar-refractivity contribution in [2.75, 3.05) is 19.0 Å². The van der Waals surface area contributed by atoms with Crippen molar-refractivity contribution in [3.63, 3.8) is 0 Å². The largest absolute Gasteiger partial charge is 0.493 e. The fourth-order valence-corrected chi connectivity index (χ4v) is 5.51. The molecular weight excluding hydrogens is 504 g/mol. The Labute approximate surface area is 239 Å². The topological polar surface area (TPSA) is 51.4 Å². The first kappa shape index (κ1) is 30.7. The molecular formula is C33H47N2O3S+. The van der Waals surface area contributed by atoms with Gasteiger partial charge in [-0.15, -0.1) is 0 Å². The molecule has 0 bridgehead atoms. The summed E-state index contributed by atoms with van der Waals surface area (Å²) in [6, 6.07) is 13.3. The molecule has 1 amide bonds. The van der Waals surface area contributed by atoms with Gasteiger partial charge in [0.2, 0.25) is 5.51 Å². The number of nitrogens with one attached hydrogen (secondary N) is 1. The average Bonchev–Trinajstić information content (AvgIpc) is 3.36. The average molecular weight is 552 g/mol. The molecule has 0 saturated carbocycles. The van der Waals surface area contributed by atoms with Gasteiger partial charge in [-0.25, -0.2) is 0 Å². The number of amides is 1. The van der Waals surface area contributed by atoms with E-state index in [1.54, 1.807) is 30.6 Å². The van der Waals surface area contributed by atoms with Crippen LogP contribution in [0.4, 0.5) is 5.69 Å². The second kappa shape index (κ2) is 17.7. The molecule has 212 valence electrons. The molecule has 0 spiro atoms. The Balaban J connectivity index is 1.40. The number of rotatable bonds is 19. The van der Waals surface area contributed by atoms with Gasteiger partial charge in [0, 0.05) is 18.1 Å². The van der Waals surface area contributed by atoms with Gasteiger partial charge in [-0.05, 0) is 30.7 Å². The molecule has 0 fully saturated rings. The molecule has 0 radical (unpaired) electrons. The van der Waals surface area contributed by atoms with Crippen LogP contribution in [0.2, 0.25) is 0 Å². The maximum Gasteiger partial charge on any atom is 0.255 e. The normalized spacial score (nSPS) is 10.9. The molecule has 6 heteroatoms. The summed E-state index contributed by atoms with van der Waals surface area (Å²) < 4.78 is 13.7. The summed E-state index contributed by atoms with van der Waals surface area (Å²) >= 11 is 1.67. The lowest BCUT2D eigenvalue weighted by molar-refractivity contribution is -0.689. The number of nitrogens with zero attached hydrogens (tertiary/aromatic N) is 1. The maximum absolute atomic E-state index is 13.1. The predicted molar refractivity (Wildman–Crippen MR) is 162 cm³/mol. The van der Waals surface area contributed by atoms with Crippen LogP contribution in [0.5, 0.6) is 11.5 Å². The molecule has 2 aromatic carbocycles. The summed E-state index contributed by atoms with van der Waals surface area (Å²) in [7, 11) is 1.61. The van der Waals surface area contributed by atoms with Crippen LogP contribution in [0, 0.1) is 6.92 Å². The summed E-state index contributed by atoms with van der Waals surface area (Å²) in [6.07, 6.45) is 15.8. The van der Waals surface area contributed by atoms with E-state index in [-0.39, 0.29) is 5.91 Å². The number of carbonyl (C=O) groups is 1. The van der Waals surface area contributed by atoms with Gasteiger partial charge in [-0.2, -0.15) is 4.57 Å². The van der Waals surface area contributed by atoms with E-state index in [1.807, 2.05) is 30.3 Å². The molecule has 0 atom stereocenters. The van der Waals surface area contributed by atoms with Crippen LogP contribution < -0.4 is 19.4 Å². The molecule has 0 unspecified atom stereocenters. The summed E-state index contributed by atoms with van der Waals surface area (Å²) in [6.45, 7) is 5.73. The van der Waals surface area contributed by atoms with E-state index in [2.05, 4.69) is 34.6 Å². The minimum Gasteiger partial charge on any atom is -0.493 e. The van der Waals surface area contributed by atoms with Gasteiger partial charge in [0.25, 0.3) is 5.91 Å². The lowest BCUT2D eigenvalue weighted by atomic mass is 10.1. The van der Waals surface area contributed by atoms with Crippen molar-refractivity contribution in [1.82, 2.24) is 0 Å². The van der Waals surface area contributed by atoms with Gasteiger partial charge in [0.15, 0.2) is 23.7 Å². The third-order valence-corrected chi connectivity index (χ3v) is 8.02. The minimum atomic E-state index is -0.166. The van der Waals surface area contributed by atoms with Gasteiger partial charge < -0.3 is 14.8 Å². The van der Waals surface area contributed by atoms with Gasteiger partial charge in [0.1, 0.15) is 0 Å². The highest BCUT2D eigenvalue weighted by Crippen LogP contribution is 2.29. The minimum absolute atomic E-state index is 0.166. The number of para-hydroxylation sites is 1. The van der Waals surface area contributed by atoms with E-state index in [9.17, 15) is 4.79 Å². The molecule has 5 nitrogen and oxygen atoms in total. The highest BCUT2D eigenvalue weighted by Gasteiger charge is 2.16. The van der Waals surface area contributed by atoms with E-state index in [0.717, 1.165) is 17.7 Å². The van der Waals surface area contributed by atoms with E-state index in [4.69, 9.17) is 9.47 Å². The predicted octanol–water partition coefficient (Wildman–Crippen LogP) is 8.73. The zero-order valence-corrected chi connectivity index (χ0v) is 25.0. The van der Waals surface area contributed by atoms with Crippen LogP contribution in [0.3, 0.4) is 0 Å². The molecule has 3 aromatic rings. The van der Waals surface area contributed by atoms with E-state index in [1.165, 1.54) is 76.3 Å². The van der Waals surface area contributed by atoms with Crippen molar-refractivity contribution in [2.45, 2.75) is 97.4 Å². The Hall–Kier alpha value is -2.86. The summed E-state index contributed by atoms with van der Waals surface area (Å²) in [5.41, 5.74) is 5.71. The van der Waals surface area contributed by atoms with Crippen molar-refractivity contribution >= 4 is 22.9 Å². The number of unbranched alkanes of at least 4 members (excludes halogenated alkanes) is 11. The number of benzene rings is 2. The fourth-order valence-electron chi connectivity index (χ4n) is 4.73. The van der Waals surface area contributed by atoms with Crippen molar-refractivity contribution < 1.29 is 18.8 Å². The Morgan fingerprint density at radius 1 is 0.872 bits per heavy atom. The Kier molecular flexibility index (Phi) is 13.9. The molecule has 0 saturated heterocycles. The molecule has 1 heterocycles. The van der Waals surface area contributed by atoms with Crippen molar-refractivity contribution in [3.8, 4) is 11.5 Å². The molecule has 1 N–H and O–H groups in total. The Morgan fingerprint density at radius 3 is 2.18 bits per heavy atom.